The maximum absolute atomic E-state index is 4.11. The molecule has 2 heterocycles. The molecule has 1 saturated carbocycles. The van der Waals surface area contributed by atoms with Crippen molar-refractivity contribution in [3.63, 3.8) is 0 Å². The number of thioether (sulfide) groups is 1. The van der Waals surface area contributed by atoms with Gasteiger partial charge in [-0.2, -0.15) is 16.9 Å². The summed E-state index contributed by atoms with van der Waals surface area (Å²) in [5.74, 6) is 4.52. The van der Waals surface area contributed by atoms with Gasteiger partial charge in [0.25, 0.3) is 0 Å². The third kappa shape index (κ3) is 2.41. The van der Waals surface area contributed by atoms with Gasteiger partial charge in [-0.1, -0.05) is 0 Å². The highest BCUT2D eigenvalue weighted by molar-refractivity contribution is 7.99. The molecule has 92 valence electrons. The van der Waals surface area contributed by atoms with Gasteiger partial charge in [0.2, 0.25) is 0 Å². The lowest BCUT2D eigenvalue weighted by atomic mass is 9.96. The van der Waals surface area contributed by atoms with E-state index >= 15 is 0 Å². The minimum Gasteiger partial charge on any atom is -0.368 e. The minimum atomic E-state index is 0.690. The zero-order valence-corrected chi connectivity index (χ0v) is 11.1. The molecule has 1 aliphatic heterocycles. The molecule has 1 N–H and O–H groups in total. The van der Waals surface area contributed by atoms with Gasteiger partial charge in [0.05, 0.1) is 6.20 Å². The first kappa shape index (κ1) is 11.3. The molecule has 1 spiro atoms. The second-order valence-electron chi connectivity index (χ2n) is 5.37. The van der Waals surface area contributed by atoms with Crippen LogP contribution in [-0.2, 0) is 0 Å². The Labute approximate surface area is 107 Å². The smallest absolute Gasteiger partial charge is 0.148 e. The highest BCUT2D eigenvalue weighted by Gasteiger charge is 2.53. The zero-order chi connectivity index (χ0) is 11.7. The van der Waals surface area contributed by atoms with Crippen molar-refractivity contribution in [1.29, 1.82) is 0 Å². The van der Waals surface area contributed by atoms with E-state index in [9.17, 15) is 0 Å². The van der Waals surface area contributed by atoms with E-state index < -0.39 is 0 Å². The highest BCUT2D eigenvalue weighted by Crippen LogP contribution is 2.60. The van der Waals surface area contributed by atoms with E-state index in [-0.39, 0.29) is 0 Å². The van der Waals surface area contributed by atoms with Gasteiger partial charge < -0.3 is 5.32 Å². The lowest BCUT2D eigenvalue weighted by Gasteiger charge is -2.22. The average molecular weight is 249 g/mol. The first-order valence-electron chi connectivity index (χ1n) is 6.39. The van der Waals surface area contributed by atoms with Gasteiger partial charge in [0.1, 0.15) is 5.82 Å². The molecule has 1 atom stereocenters. The molecule has 1 saturated heterocycles. The molecule has 3 nitrogen and oxygen atoms in total. The molecule has 17 heavy (non-hydrogen) atoms. The number of aryl methyl sites for hydroxylation is 1. The summed E-state index contributed by atoms with van der Waals surface area (Å²) >= 11 is 2.11. The van der Waals surface area contributed by atoms with Gasteiger partial charge in [0, 0.05) is 6.54 Å². The van der Waals surface area contributed by atoms with Crippen molar-refractivity contribution in [3.05, 3.63) is 17.8 Å². The van der Waals surface area contributed by atoms with Crippen LogP contribution in [0.5, 0.6) is 0 Å². The van der Waals surface area contributed by atoms with E-state index in [4.69, 9.17) is 0 Å². The van der Waals surface area contributed by atoms with Crippen molar-refractivity contribution >= 4 is 17.6 Å². The molecule has 2 aliphatic rings. The molecule has 4 heteroatoms. The molecular formula is C13H19N3S. The fourth-order valence-corrected chi connectivity index (χ4v) is 4.19. The fraction of sp³-hybridized carbons (Fsp3) is 0.692. The summed E-state index contributed by atoms with van der Waals surface area (Å²) in [6.07, 6.45) is 6.05. The van der Waals surface area contributed by atoms with Gasteiger partial charge in [-0.3, -0.25) is 0 Å². The zero-order valence-electron chi connectivity index (χ0n) is 10.3. The summed E-state index contributed by atoms with van der Waals surface area (Å²) < 4.78 is 0. The quantitative estimate of drug-likeness (QED) is 0.894. The summed E-state index contributed by atoms with van der Waals surface area (Å²) in [7, 11) is 0. The minimum absolute atomic E-state index is 0.690. The number of hydrogen-bond donors (Lipinski definition) is 1. The number of anilines is 1. The third-order valence-corrected chi connectivity index (χ3v) is 5.15. The Morgan fingerprint density at radius 2 is 2.29 bits per heavy atom. The van der Waals surface area contributed by atoms with E-state index in [2.05, 4.69) is 40.3 Å². The largest absolute Gasteiger partial charge is 0.368 e. The second-order valence-corrected chi connectivity index (χ2v) is 6.60. The molecule has 0 bridgehead atoms. The Balaban J connectivity index is 1.53. The van der Waals surface area contributed by atoms with Gasteiger partial charge in [-0.25, -0.2) is 0 Å². The van der Waals surface area contributed by atoms with Crippen LogP contribution in [-0.4, -0.2) is 28.2 Å². The Morgan fingerprint density at radius 1 is 1.47 bits per heavy atom. The number of nitrogens with one attached hydrogen (secondary N) is 1. The Hall–Kier alpha value is -0.770. The van der Waals surface area contributed by atoms with E-state index in [1.807, 2.05) is 0 Å². The molecule has 1 aromatic heterocycles. The number of rotatable bonds is 3. The maximum Gasteiger partial charge on any atom is 0.148 e. The van der Waals surface area contributed by atoms with Crippen LogP contribution in [0.3, 0.4) is 0 Å². The van der Waals surface area contributed by atoms with Gasteiger partial charge in [-0.15, -0.1) is 5.10 Å². The summed E-state index contributed by atoms with van der Waals surface area (Å²) in [6.45, 7) is 3.12. The number of nitrogens with zero attached hydrogens (tertiary/aromatic N) is 2. The standard InChI is InChI=1S/C13H19N3S/c1-10-6-12(16-15-8-10)14-9-11-7-13(11)2-4-17-5-3-13/h6,8,11H,2-5,7,9H2,1H3,(H,14,16). The maximum atomic E-state index is 4.11. The molecule has 0 radical (unpaired) electrons. The van der Waals surface area contributed by atoms with Crippen molar-refractivity contribution in [1.82, 2.24) is 10.2 Å². The first-order valence-corrected chi connectivity index (χ1v) is 7.55. The van der Waals surface area contributed by atoms with Crippen molar-refractivity contribution < 1.29 is 0 Å². The summed E-state index contributed by atoms with van der Waals surface area (Å²) in [4.78, 5) is 0. The van der Waals surface area contributed by atoms with Crippen LogP contribution in [0.25, 0.3) is 0 Å². The molecule has 0 amide bonds. The van der Waals surface area contributed by atoms with Crippen molar-refractivity contribution in [2.45, 2.75) is 26.2 Å². The van der Waals surface area contributed by atoms with Crippen LogP contribution in [0.2, 0.25) is 0 Å². The monoisotopic (exact) mass is 249 g/mol. The predicted octanol–water partition coefficient (Wildman–Crippen LogP) is 2.73. The topological polar surface area (TPSA) is 37.8 Å². The van der Waals surface area contributed by atoms with Crippen LogP contribution in [0.4, 0.5) is 5.82 Å². The SMILES string of the molecule is Cc1cnnc(NCC2CC23CCSCC3)c1. The molecular weight excluding hydrogens is 230 g/mol. The molecule has 3 rings (SSSR count). The molecule has 1 aromatic rings. The Bertz CT molecular complexity index is 401. The van der Waals surface area contributed by atoms with Crippen LogP contribution >= 0.6 is 11.8 Å². The van der Waals surface area contributed by atoms with Crippen molar-refractivity contribution in [2.75, 3.05) is 23.4 Å². The normalized spacial score (nSPS) is 25.8. The van der Waals surface area contributed by atoms with Gasteiger partial charge in [-0.05, 0) is 60.7 Å². The summed E-state index contributed by atoms with van der Waals surface area (Å²) in [6, 6.07) is 2.07. The second kappa shape index (κ2) is 4.48. The Morgan fingerprint density at radius 3 is 3.06 bits per heavy atom. The van der Waals surface area contributed by atoms with Crippen LogP contribution in [0.1, 0.15) is 24.8 Å². The number of aromatic nitrogens is 2. The molecule has 0 aromatic carbocycles. The first-order chi connectivity index (χ1) is 8.28. The predicted molar refractivity (Wildman–Crippen MR) is 72.4 cm³/mol. The van der Waals surface area contributed by atoms with Crippen LogP contribution < -0.4 is 5.32 Å². The van der Waals surface area contributed by atoms with E-state index in [0.29, 0.717) is 5.41 Å². The van der Waals surface area contributed by atoms with E-state index in [1.54, 1.807) is 6.20 Å². The van der Waals surface area contributed by atoms with Crippen LogP contribution in [0, 0.1) is 18.3 Å². The summed E-state index contributed by atoms with van der Waals surface area (Å²) in [5, 5.41) is 11.5. The van der Waals surface area contributed by atoms with E-state index in [0.717, 1.165) is 18.3 Å². The fourth-order valence-electron chi connectivity index (χ4n) is 2.89. The third-order valence-electron chi connectivity index (χ3n) is 4.17. The Kier molecular flexibility index (Phi) is 2.99. The van der Waals surface area contributed by atoms with Crippen molar-refractivity contribution in [3.8, 4) is 0 Å². The van der Waals surface area contributed by atoms with Gasteiger partial charge in [0.15, 0.2) is 0 Å². The van der Waals surface area contributed by atoms with Crippen molar-refractivity contribution in [2.24, 2.45) is 11.3 Å². The highest BCUT2D eigenvalue weighted by atomic mass is 32.2. The lowest BCUT2D eigenvalue weighted by Crippen LogP contribution is -2.17. The van der Waals surface area contributed by atoms with E-state index in [1.165, 1.54) is 36.3 Å². The average Bonchev–Trinajstić information content (AvgIpc) is 3.00. The molecule has 2 fully saturated rings. The van der Waals surface area contributed by atoms with Gasteiger partial charge >= 0.3 is 0 Å². The number of hydrogen-bond acceptors (Lipinski definition) is 4. The van der Waals surface area contributed by atoms with Crippen LogP contribution in [0.15, 0.2) is 12.3 Å². The summed E-state index contributed by atoms with van der Waals surface area (Å²) in [5.41, 5.74) is 1.86. The lowest BCUT2D eigenvalue weighted by molar-refractivity contribution is 0.425. The molecule has 1 unspecified atom stereocenters. The molecule has 1 aliphatic carbocycles.